The van der Waals surface area contributed by atoms with Gasteiger partial charge in [0.2, 0.25) is 5.82 Å². The van der Waals surface area contributed by atoms with Gasteiger partial charge in [-0.1, -0.05) is 6.07 Å². The quantitative estimate of drug-likeness (QED) is 0.652. The van der Waals surface area contributed by atoms with Crippen molar-refractivity contribution in [2.24, 2.45) is 0 Å². The number of thiophene rings is 1. The highest BCUT2D eigenvalue weighted by Crippen LogP contribution is 2.26. The molecule has 0 aliphatic carbocycles. The molecule has 7 heteroatoms. The summed E-state index contributed by atoms with van der Waals surface area (Å²) in [7, 11) is 0. The van der Waals surface area contributed by atoms with E-state index in [0.717, 1.165) is 4.88 Å². The third-order valence-electron chi connectivity index (χ3n) is 2.20. The predicted molar refractivity (Wildman–Crippen MR) is 61.5 cm³/mol. The third-order valence-corrected chi connectivity index (χ3v) is 3.06. The van der Waals surface area contributed by atoms with Crippen molar-refractivity contribution >= 4 is 22.8 Å². The number of nitrogens with two attached hydrogens (primary N) is 1. The van der Waals surface area contributed by atoms with Gasteiger partial charge in [-0.15, -0.1) is 11.3 Å². The molecule has 2 aromatic heterocycles. The maximum absolute atomic E-state index is 10.7. The SMILES string of the molecule is Cc1nn(Cc2cccs2)c(N)c1[N+](=O)[O-]. The van der Waals surface area contributed by atoms with Gasteiger partial charge in [0.05, 0.1) is 11.5 Å². The average molecular weight is 238 g/mol. The molecule has 0 unspecified atom stereocenters. The second-order valence-corrected chi connectivity index (χ2v) is 4.35. The number of nitrogens with zero attached hydrogens (tertiary/aromatic N) is 3. The second-order valence-electron chi connectivity index (χ2n) is 3.31. The van der Waals surface area contributed by atoms with Gasteiger partial charge in [-0.2, -0.15) is 5.10 Å². The van der Waals surface area contributed by atoms with Crippen molar-refractivity contribution in [2.45, 2.75) is 13.5 Å². The van der Waals surface area contributed by atoms with Crippen LogP contribution in [-0.2, 0) is 6.54 Å². The lowest BCUT2D eigenvalue weighted by Gasteiger charge is -1.99. The molecule has 2 heterocycles. The lowest BCUT2D eigenvalue weighted by molar-refractivity contribution is -0.384. The molecule has 0 aliphatic heterocycles. The van der Waals surface area contributed by atoms with E-state index in [4.69, 9.17) is 5.73 Å². The number of hydrogen-bond donors (Lipinski definition) is 1. The lowest BCUT2D eigenvalue weighted by Crippen LogP contribution is -2.05. The van der Waals surface area contributed by atoms with Crippen molar-refractivity contribution in [3.8, 4) is 0 Å². The molecular weight excluding hydrogens is 228 g/mol. The number of rotatable bonds is 3. The zero-order valence-electron chi connectivity index (χ0n) is 8.58. The molecule has 2 rings (SSSR count). The largest absolute Gasteiger partial charge is 0.378 e. The van der Waals surface area contributed by atoms with E-state index in [0.29, 0.717) is 12.2 Å². The summed E-state index contributed by atoms with van der Waals surface area (Å²) in [5.41, 5.74) is 5.93. The molecular formula is C9H10N4O2S. The van der Waals surface area contributed by atoms with E-state index in [1.807, 2.05) is 17.5 Å². The first-order valence-electron chi connectivity index (χ1n) is 4.59. The lowest BCUT2D eigenvalue weighted by atomic mass is 10.4. The monoisotopic (exact) mass is 238 g/mol. The maximum Gasteiger partial charge on any atom is 0.333 e. The molecule has 2 aromatic rings. The Morgan fingerprint density at radius 3 is 2.94 bits per heavy atom. The fraction of sp³-hybridized carbons (Fsp3) is 0.222. The van der Waals surface area contributed by atoms with Gasteiger partial charge in [0, 0.05) is 4.88 Å². The van der Waals surface area contributed by atoms with Crippen molar-refractivity contribution in [3.63, 3.8) is 0 Å². The molecule has 0 radical (unpaired) electrons. The molecule has 6 nitrogen and oxygen atoms in total. The van der Waals surface area contributed by atoms with Gasteiger partial charge in [-0.05, 0) is 18.4 Å². The number of anilines is 1. The second kappa shape index (κ2) is 3.93. The summed E-state index contributed by atoms with van der Waals surface area (Å²) in [5.74, 6) is 0.107. The highest BCUT2D eigenvalue weighted by atomic mass is 32.1. The fourth-order valence-corrected chi connectivity index (χ4v) is 2.17. The highest BCUT2D eigenvalue weighted by Gasteiger charge is 2.22. The first-order chi connectivity index (χ1) is 7.59. The summed E-state index contributed by atoms with van der Waals surface area (Å²) in [6, 6.07) is 3.86. The first-order valence-corrected chi connectivity index (χ1v) is 5.47. The zero-order chi connectivity index (χ0) is 11.7. The van der Waals surface area contributed by atoms with Crippen LogP contribution in [0.4, 0.5) is 11.5 Å². The summed E-state index contributed by atoms with van der Waals surface area (Å²) >= 11 is 1.56. The summed E-state index contributed by atoms with van der Waals surface area (Å²) in [6.45, 7) is 2.05. The molecule has 0 aromatic carbocycles. The standard InChI is InChI=1S/C9H10N4O2S/c1-6-8(13(14)15)9(10)12(11-6)5-7-3-2-4-16-7/h2-4H,5,10H2,1H3. The smallest absolute Gasteiger partial charge is 0.333 e. The normalized spacial score (nSPS) is 10.6. The Kier molecular flexibility index (Phi) is 2.61. The zero-order valence-corrected chi connectivity index (χ0v) is 9.40. The Bertz CT molecular complexity index is 518. The minimum absolute atomic E-state index is 0.100. The number of nitro groups is 1. The Labute approximate surface area is 95.5 Å². The molecule has 16 heavy (non-hydrogen) atoms. The van der Waals surface area contributed by atoms with Crippen LogP contribution in [-0.4, -0.2) is 14.7 Å². The van der Waals surface area contributed by atoms with Gasteiger partial charge in [-0.3, -0.25) is 10.1 Å². The van der Waals surface area contributed by atoms with Crippen molar-refractivity contribution in [3.05, 3.63) is 38.2 Å². The molecule has 0 spiro atoms. The van der Waals surface area contributed by atoms with Gasteiger partial charge in [0.15, 0.2) is 0 Å². The molecule has 0 amide bonds. The summed E-state index contributed by atoms with van der Waals surface area (Å²) in [4.78, 5) is 11.3. The van der Waals surface area contributed by atoms with Crippen LogP contribution in [0.5, 0.6) is 0 Å². The molecule has 2 N–H and O–H groups in total. The average Bonchev–Trinajstić information content (AvgIpc) is 2.76. The van der Waals surface area contributed by atoms with Gasteiger partial charge in [0.25, 0.3) is 0 Å². The molecule has 0 fully saturated rings. The van der Waals surface area contributed by atoms with Crippen molar-refractivity contribution in [1.29, 1.82) is 0 Å². The highest BCUT2D eigenvalue weighted by molar-refractivity contribution is 7.09. The molecule has 0 saturated heterocycles. The van der Waals surface area contributed by atoms with Crippen LogP contribution < -0.4 is 5.73 Å². The van der Waals surface area contributed by atoms with Gasteiger partial charge in [-0.25, -0.2) is 4.68 Å². The molecule has 84 valence electrons. The van der Waals surface area contributed by atoms with E-state index in [-0.39, 0.29) is 11.5 Å². The number of hydrogen-bond acceptors (Lipinski definition) is 5. The molecule has 0 atom stereocenters. The summed E-state index contributed by atoms with van der Waals surface area (Å²) in [5, 5.41) is 16.7. The van der Waals surface area contributed by atoms with Crippen LogP contribution in [0.2, 0.25) is 0 Å². The third kappa shape index (κ3) is 1.76. The van der Waals surface area contributed by atoms with Crippen LogP contribution in [0.15, 0.2) is 17.5 Å². The molecule has 0 aliphatic rings. The van der Waals surface area contributed by atoms with Crippen molar-refractivity contribution < 1.29 is 4.92 Å². The number of aryl methyl sites for hydroxylation is 1. The van der Waals surface area contributed by atoms with Crippen molar-refractivity contribution in [1.82, 2.24) is 9.78 Å². The predicted octanol–water partition coefficient (Wildman–Crippen LogP) is 1.79. The first kappa shape index (κ1) is 10.6. The van der Waals surface area contributed by atoms with Gasteiger partial charge in [0.1, 0.15) is 5.69 Å². The van der Waals surface area contributed by atoms with Gasteiger partial charge >= 0.3 is 5.69 Å². The van der Waals surface area contributed by atoms with Crippen LogP contribution in [0.1, 0.15) is 10.6 Å². The van der Waals surface area contributed by atoms with Gasteiger partial charge < -0.3 is 5.73 Å². The Morgan fingerprint density at radius 1 is 1.69 bits per heavy atom. The minimum atomic E-state index is -0.497. The summed E-state index contributed by atoms with van der Waals surface area (Å²) in [6.07, 6.45) is 0. The van der Waals surface area contributed by atoms with E-state index in [2.05, 4.69) is 5.10 Å². The molecule has 0 saturated carbocycles. The Balaban J connectivity index is 2.36. The fourth-order valence-electron chi connectivity index (χ4n) is 1.49. The maximum atomic E-state index is 10.7. The number of aromatic nitrogens is 2. The summed E-state index contributed by atoms with van der Waals surface area (Å²) < 4.78 is 1.46. The van der Waals surface area contributed by atoms with E-state index < -0.39 is 4.92 Å². The van der Waals surface area contributed by atoms with Crippen LogP contribution >= 0.6 is 11.3 Å². The van der Waals surface area contributed by atoms with E-state index in [1.54, 1.807) is 18.3 Å². The van der Waals surface area contributed by atoms with Crippen LogP contribution in [0, 0.1) is 17.0 Å². The Morgan fingerprint density at radius 2 is 2.44 bits per heavy atom. The number of nitrogen functional groups attached to an aromatic ring is 1. The Hall–Kier alpha value is -1.89. The van der Waals surface area contributed by atoms with Crippen molar-refractivity contribution in [2.75, 3.05) is 5.73 Å². The van der Waals surface area contributed by atoms with Crippen LogP contribution in [0.25, 0.3) is 0 Å². The molecule has 0 bridgehead atoms. The van der Waals surface area contributed by atoms with E-state index in [9.17, 15) is 10.1 Å². The van der Waals surface area contributed by atoms with Crippen LogP contribution in [0.3, 0.4) is 0 Å². The van der Waals surface area contributed by atoms with E-state index >= 15 is 0 Å². The minimum Gasteiger partial charge on any atom is -0.378 e. The van der Waals surface area contributed by atoms with E-state index in [1.165, 1.54) is 4.68 Å². The topological polar surface area (TPSA) is 87.0 Å².